The summed E-state index contributed by atoms with van der Waals surface area (Å²) >= 11 is 6.02. The second-order valence-corrected chi connectivity index (χ2v) is 8.02. The SMILES string of the molecule is O=C(N1CCOCC1)N1CCN(S(=O)(=O)c2ccccc2Cl)CC1. The van der Waals surface area contributed by atoms with E-state index in [1.807, 2.05) is 0 Å². The molecule has 9 heteroatoms. The van der Waals surface area contributed by atoms with Gasteiger partial charge in [-0.25, -0.2) is 13.2 Å². The Kier molecular flexibility index (Phi) is 5.29. The lowest BCUT2D eigenvalue weighted by molar-refractivity contribution is 0.0405. The Labute approximate surface area is 146 Å². The monoisotopic (exact) mass is 373 g/mol. The van der Waals surface area contributed by atoms with Crippen molar-refractivity contribution in [3.8, 4) is 0 Å². The highest BCUT2D eigenvalue weighted by Gasteiger charge is 2.32. The molecule has 0 atom stereocenters. The molecule has 1 aromatic carbocycles. The van der Waals surface area contributed by atoms with Crippen LogP contribution in [0.1, 0.15) is 0 Å². The van der Waals surface area contributed by atoms with E-state index in [0.717, 1.165) is 0 Å². The number of hydrogen-bond donors (Lipinski definition) is 0. The molecular weight excluding hydrogens is 354 g/mol. The summed E-state index contributed by atoms with van der Waals surface area (Å²) in [5.41, 5.74) is 0. The molecule has 2 aliphatic rings. The van der Waals surface area contributed by atoms with E-state index < -0.39 is 10.0 Å². The Morgan fingerprint density at radius 1 is 0.958 bits per heavy atom. The zero-order valence-electron chi connectivity index (χ0n) is 13.2. The van der Waals surface area contributed by atoms with Crippen LogP contribution in [0, 0.1) is 0 Å². The highest BCUT2D eigenvalue weighted by Crippen LogP contribution is 2.25. The Hall–Kier alpha value is -1.35. The summed E-state index contributed by atoms with van der Waals surface area (Å²) in [4.78, 5) is 16.0. The van der Waals surface area contributed by atoms with Crippen LogP contribution in [0.5, 0.6) is 0 Å². The lowest BCUT2D eigenvalue weighted by Gasteiger charge is -2.38. The van der Waals surface area contributed by atoms with E-state index in [9.17, 15) is 13.2 Å². The molecule has 1 aromatic rings. The Morgan fingerprint density at radius 2 is 1.54 bits per heavy atom. The van der Waals surface area contributed by atoms with Crippen LogP contribution < -0.4 is 0 Å². The first-order chi connectivity index (χ1) is 11.5. The minimum Gasteiger partial charge on any atom is -0.378 e. The number of ether oxygens (including phenoxy) is 1. The van der Waals surface area contributed by atoms with Gasteiger partial charge in [-0.05, 0) is 12.1 Å². The maximum atomic E-state index is 12.7. The van der Waals surface area contributed by atoms with E-state index in [1.54, 1.807) is 28.0 Å². The molecule has 0 unspecified atom stereocenters. The van der Waals surface area contributed by atoms with Gasteiger partial charge in [0.2, 0.25) is 10.0 Å². The van der Waals surface area contributed by atoms with Gasteiger partial charge in [0.25, 0.3) is 0 Å². The Morgan fingerprint density at radius 3 is 2.17 bits per heavy atom. The smallest absolute Gasteiger partial charge is 0.320 e. The Balaban J connectivity index is 1.64. The molecule has 0 bridgehead atoms. The average Bonchev–Trinajstić information content (AvgIpc) is 2.62. The van der Waals surface area contributed by atoms with Gasteiger partial charge in [-0.3, -0.25) is 0 Å². The van der Waals surface area contributed by atoms with Gasteiger partial charge in [0, 0.05) is 39.3 Å². The number of benzene rings is 1. The number of rotatable bonds is 2. The third-order valence-corrected chi connectivity index (χ3v) is 6.64. The number of hydrogen-bond acceptors (Lipinski definition) is 4. The minimum absolute atomic E-state index is 0.0481. The fourth-order valence-electron chi connectivity index (χ4n) is 2.87. The van der Waals surface area contributed by atoms with Gasteiger partial charge >= 0.3 is 6.03 Å². The number of piperazine rings is 1. The minimum atomic E-state index is -3.64. The fourth-order valence-corrected chi connectivity index (χ4v) is 4.78. The predicted molar refractivity (Wildman–Crippen MR) is 89.6 cm³/mol. The standard InChI is InChI=1S/C15H20ClN3O4S/c16-13-3-1-2-4-14(13)24(21,22)19-7-5-17(6-8-19)15(20)18-9-11-23-12-10-18/h1-4H,5-12H2. The van der Waals surface area contributed by atoms with Crippen LogP contribution in [0.25, 0.3) is 0 Å². The first-order valence-electron chi connectivity index (χ1n) is 7.86. The van der Waals surface area contributed by atoms with Gasteiger partial charge in [-0.1, -0.05) is 23.7 Å². The average molecular weight is 374 g/mol. The molecule has 132 valence electrons. The van der Waals surface area contributed by atoms with Crippen molar-refractivity contribution in [2.75, 3.05) is 52.5 Å². The van der Waals surface area contributed by atoms with Crippen molar-refractivity contribution in [1.82, 2.24) is 14.1 Å². The van der Waals surface area contributed by atoms with Crippen LogP contribution in [0.4, 0.5) is 4.79 Å². The molecule has 0 saturated carbocycles. The molecule has 2 amide bonds. The molecule has 2 aliphatic heterocycles. The number of carbonyl (C=O) groups is 1. The van der Waals surface area contributed by atoms with Gasteiger partial charge in [-0.2, -0.15) is 4.31 Å². The highest BCUT2D eigenvalue weighted by atomic mass is 35.5. The van der Waals surface area contributed by atoms with E-state index in [1.165, 1.54) is 10.4 Å². The molecule has 0 aliphatic carbocycles. The molecule has 7 nitrogen and oxygen atoms in total. The van der Waals surface area contributed by atoms with Crippen molar-refractivity contribution >= 4 is 27.7 Å². The van der Waals surface area contributed by atoms with Crippen molar-refractivity contribution in [2.24, 2.45) is 0 Å². The molecule has 0 radical (unpaired) electrons. The molecule has 0 spiro atoms. The number of nitrogens with zero attached hydrogens (tertiary/aromatic N) is 3. The van der Waals surface area contributed by atoms with Gasteiger partial charge in [0.05, 0.1) is 18.2 Å². The quantitative estimate of drug-likeness (QED) is 0.778. The number of morpholine rings is 1. The Bertz CT molecular complexity index is 698. The van der Waals surface area contributed by atoms with E-state index in [-0.39, 0.29) is 29.0 Å². The van der Waals surface area contributed by atoms with Crippen molar-refractivity contribution < 1.29 is 17.9 Å². The summed E-state index contributed by atoms with van der Waals surface area (Å²) in [7, 11) is -3.64. The summed E-state index contributed by atoms with van der Waals surface area (Å²) in [6.45, 7) is 3.54. The van der Waals surface area contributed by atoms with Crippen LogP contribution in [0.2, 0.25) is 5.02 Å². The van der Waals surface area contributed by atoms with E-state index in [0.29, 0.717) is 39.4 Å². The van der Waals surface area contributed by atoms with E-state index in [4.69, 9.17) is 16.3 Å². The van der Waals surface area contributed by atoms with Crippen LogP contribution in [0.3, 0.4) is 0 Å². The molecule has 2 saturated heterocycles. The maximum absolute atomic E-state index is 12.7. The first kappa shape index (κ1) is 17.5. The van der Waals surface area contributed by atoms with E-state index >= 15 is 0 Å². The zero-order chi connectivity index (χ0) is 17.2. The number of sulfonamides is 1. The first-order valence-corrected chi connectivity index (χ1v) is 9.68. The molecule has 2 heterocycles. The van der Waals surface area contributed by atoms with Crippen LogP contribution in [-0.4, -0.2) is 81.0 Å². The van der Waals surface area contributed by atoms with Gasteiger partial charge in [0.15, 0.2) is 0 Å². The van der Waals surface area contributed by atoms with Crippen molar-refractivity contribution in [1.29, 1.82) is 0 Å². The van der Waals surface area contributed by atoms with Crippen molar-refractivity contribution in [2.45, 2.75) is 4.90 Å². The second kappa shape index (κ2) is 7.26. The summed E-state index contributed by atoms with van der Waals surface area (Å²) in [6.07, 6.45) is 0. The maximum Gasteiger partial charge on any atom is 0.320 e. The van der Waals surface area contributed by atoms with Gasteiger partial charge in [0.1, 0.15) is 4.90 Å². The highest BCUT2D eigenvalue weighted by molar-refractivity contribution is 7.89. The predicted octanol–water partition coefficient (Wildman–Crippen LogP) is 1.10. The molecule has 2 fully saturated rings. The van der Waals surface area contributed by atoms with Gasteiger partial charge < -0.3 is 14.5 Å². The van der Waals surface area contributed by atoms with E-state index in [2.05, 4.69) is 0 Å². The normalized spacial score (nSPS) is 20.2. The zero-order valence-corrected chi connectivity index (χ0v) is 14.8. The lowest BCUT2D eigenvalue weighted by atomic mass is 10.3. The second-order valence-electron chi connectivity index (χ2n) is 5.70. The summed E-state index contributed by atoms with van der Waals surface area (Å²) in [5, 5.41) is 0.212. The lowest BCUT2D eigenvalue weighted by Crippen LogP contribution is -2.55. The van der Waals surface area contributed by atoms with Crippen molar-refractivity contribution in [3.05, 3.63) is 29.3 Å². The van der Waals surface area contributed by atoms with Crippen molar-refractivity contribution in [3.63, 3.8) is 0 Å². The molecule has 3 rings (SSSR count). The third-order valence-electron chi connectivity index (χ3n) is 4.25. The number of halogens is 1. The molecule has 0 N–H and O–H groups in total. The third kappa shape index (κ3) is 3.51. The fraction of sp³-hybridized carbons (Fsp3) is 0.533. The largest absolute Gasteiger partial charge is 0.378 e. The topological polar surface area (TPSA) is 70.2 Å². The summed E-state index contributed by atoms with van der Waals surface area (Å²) in [6, 6.07) is 6.36. The van der Waals surface area contributed by atoms with Crippen LogP contribution in [0.15, 0.2) is 29.2 Å². The number of urea groups is 1. The number of amides is 2. The number of carbonyl (C=O) groups excluding carboxylic acids is 1. The summed E-state index contributed by atoms with van der Waals surface area (Å²) in [5.74, 6) is 0. The van der Waals surface area contributed by atoms with Crippen LogP contribution >= 0.6 is 11.6 Å². The van der Waals surface area contributed by atoms with Crippen LogP contribution in [-0.2, 0) is 14.8 Å². The molecule has 0 aromatic heterocycles. The molecular formula is C15H20ClN3O4S. The van der Waals surface area contributed by atoms with Gasteiger partial charge in [-0.15, -0.1) is 0 Å². The molecule has 24 heavy (non-hydrogen) atoms. The summed E-state index contributed by atoms with van der Waals surface area (Å²) < 4.78 is 32.0.